The van der Waals surface area contributed by atoms with Gasteiger partial charge in [-0.05, 0) is 30.7 Å². The van der Waals surface area contributed by atoms with Gasteiger partial charge in [-0.3, -0.25) is 0 Å². The second-order valence-corrected chi connectivity index (χ2v) is 5.27. The van der Waals surface area contributed by atoms with Crippen LogP contribution in [0.5, 0.6) is 0 Å². The van der Waals surface area contributed by atoms with Crippen LogP contribution in [0.2, 0.25) is 0 Å². The molecular weight excluding hydrogens is 226 g/mol. The van der Waals surface area contributed by atoms with E-state index in [1.807, 2.05) is 18.2 Å². The second-order valence-electron chi connectivity index (χ2n) is 5.27. The molecular formula is C15H23NO2. The van der Waals surface area contributed by atoms with Crippen molar-refractivity contribution in [2.75, 3.05) is 26.4 Å². The topological polar surface area (TPSA) is 55.5 Å². The van der Waals surface area contributed by atoms with Crippen LogP contribution in [0.1, 0.15) is 24.8 Å². The van der Waals surface area contributed by atoms with Crippen LogP contribution in [-0.4, -0.2) is 31.5 Å². The molecule has 18 heavy (non-hydrogen) atoms. The van der Waals surface area contributed by atoms with Gasteiger partial charge in [0.15, 0.2) is 0 Å². The van der Waals surface area contributed by atoms with Gasteiger partial charge in [-0.25, -0.2) is 0 Å². The molecule has 0 spiro atoms. The van der Waals surface area contributed by atoms with Crippen molar-refractivity contribution in [2.24, 2.45) is 11.7 Å². The zero-order valence-electron chi connectivity index (χ0n) is 10.8. The largest absolute Gasteiger partial charge is 0.395 e. The molecule has 2 rings (SSSR count). The fraction of sp³-hybridized carbons (Fsp3) is 0.600. The number of aliphatic hydroxyl groups is 1. The van der Waals surface area contributed by atoms with Crippen LogP contribution in [0.3, 0.4) is 0 Å². The lowest BCUT2D eigenvalue weighted by molar-refractivity contribution is 0.0494. The number of aliphatic hydroxyl groups excluding tert-OH is 1. The average molecular weight is 249 g/mol. The smallest absolute Gasteiger partial charge is 0.0540 e. The van der Waals surface area contributed by atoms with E-state index in [4.69, 9.17) is 10.5 Å². The molecule has 100 valence electrons. The van der Waals surface area contributed by atoms with Gasteiger partial charge in [0.1, 0.15) is 0 Å². The summed E-state index contributed by atoms with van der Waals surface area (Å²) in [5, 5.41) is 9.85. The van der Waals surface area contributed by atoms with Crippen molar-refractivity contribution in [2.45, 2.75) is 24.7 Å². The first-order valence-electron chi connectivity index (χ1n) is 6.75. The highest BCUT2D eigenvalue weighted by molar-refractivity contribution is 5.26. The Kier molecular flexibility index (Phi) is 4.75. The van der Waals surface area contributed by atoms with E-state index in [1.165, 1.54) is 0 Å². The van der Waals surface area contributed by atoms with Crippen molar-refractivity contribution < 1.29 is 9.84 Å². The summed E-state index contributed by atoms with van der Waals surface area (Å²) < 4.78 is 5.39. The second kappa shape index (κ2) is 6.32. The van der Waals surface area contributed by atoms with Crippen molar-refractivity contribution in [1.82, 2.24) is 0 Å². The third-order valence-electron chi connectivity index (χ3n) is 4.10. The number of hydrogen-bond donors (Lipinski definition) is 2. The third-order valence-corrected chi connectivity index (χ3v) is 4.10. The SMILES string of the molecule is NCC(CO)(CC1CCOCC1)c1ccccc1. The zero-order valence-corrected chi connectivity index (χ0v) is 10.8. The molecule has 0 aliphatic carbocycles. The van der Waals surface area contributed by atoms with Crippen molar-refractivity contribution in [1.29, 1.82) is 0 Å². The molecule has 1 aliphatic rings. The van der Waals surface area contributed by atoms with E-state index in [2.05, 4.69) is 12.1 Å². The van der Waals surface area contributed by atoms with E-state index in [0.717, 1.165) is 38.0 Å². The van der Waals surface area contributed by atoms with E-state index in [-0.39, 0.29) is 12.0 Å². The van der Waals surface area contributed by atoms with Crippen LogP contribution < -0.4 is 5.73 Å². The molecule has 1 atom stereocenters. The summed E-state index contributed by atoms with van der Waals surface area (Å²) in [4.78, 5) is 0. The lowest BCUT2D eigenvalue weighted by Gasteiger charge is -2.36. The summed E-state index contributed by atoms with van der Waals surface area (Å²) >= 11 is 0. The van der Waals surface area contributed by atoms with E-state index in [1.54, 1.807) is 0 Å². The van der Waals surface area contributed by atoms with Crippen LogP contribution in [0.15, 0.2) is 30.3 Å². The van der Waals surface area contributed by atoms with Gasteiger partial charge in [0.2, 0.25) is 0 Å². The number of hydrogen-bond acceptors (Lipinski definition) is 3. The Labute approximate surface area is 109 Å². The summed E-state index contributed by atoms with van der Waals surface area (Å²) in [6, 6.07) is 10.2. The maximum Gasteiger partial charge on any atom is 0.0540 e. The highest BCUT2D eigenvalue weighted by Gasteiger charge is 2.33. The summed E-state index contributed by atoms with van der Waals surface area (Å²) in [7, 11) is 0. The Morgan fingerprint density at radius 2 is 1.89 bits per heavy atom. The molecule has 0 saturated carbocycles. The van der Waals surface area contributed by atoms with Gasteiger partial charge >= 0.3 is 0 Å². The molecule has 0 amide bonds. The number of ether oxygens (including phenoxy) is 1. The van der Waals surface area contributed by atoms with Crippen molar-refractivity contribution >= 4 is 0 Å². The Hall–Kier alpha value is -0.900. The van der Waals surface area contributed by atoms with Crippen molar-refractivity contribution in [3.8, 4) is 0 Å². The van der Waals surface area contributed by atoms with Crippen LogP contribution in [-0.2, 0) is 10.2 Å². The van der Waals surface area contributed by atoms with E-state index in [9.17, 15) is 5.11 Å². The highest BCUT2D eigenvalue weighted by atomic mass is 16.5. The highest BCUT2D eigenvalue weighted by Crippen LogP contribution is 2.33. The molecule has 1 aromatic rings. The first-order chi connectivity index (χ1) is 8.80. The summed E-state index contributed by atoms with van der Waals surface area (Å²) in [6.45, 7) is 2.28. The number of benzene rings is 1. The summed E-state index contributed by atoms with van der Waals surface area (Å²) in [5.41, 5.74) is 6.84. The lowest BCUT2D eigenvalue weighted by Crippen LogP contribution is -2.41. The number of nitrogens with two attached hydrogens (primary N) is 1. The minimum Gasteiger partial charge on any atom is -0.395 e. The van der Waals surface area contributed by atoms with Crippen LogP contribution >= 0.6 is 0 Å². The molecule has 1 aromatic carbocycles. The van der Waals surface area contributed by atoms with Crippen LogP contribution in [0.4, 0.5) is 0 Å². The summed E-state index contributed by atoms with van der Waals surface area (Å²) in [5.74, 6) is 0.606. The molecule has 1 heterocycles. The van der Waals surface area contributed by atoms with Gasteiger partial charge in [-0.2, -0.15) is 0 Å². The fourth-order valence-electron chi connectivity index (χ4n) is 2.83. The van der Waals surface area contributed by atoms with Gasteiger partial charge in [0.05, 0.1) is 6.61 Å². The predicted octanol–water partition coefficient (Wildman–Crippen LogP) is 1.69. The predicted molar refractivity (Wildman–Crippen MR) is 72.4 cm³/mol. The monoisotopic (exact) mass is 249 g/mol. The standard InChI is InChI=1S/C15H23NO2/c16-11-15(12-17,14-4-2-1-3-5-14)10-13-6-8-18-9-7-13/h1-5,13,17H,6-12,16H2. The molecule has 3 N–H and O–H groups in total. The molecule has 0 bridgehead atoms. The minimum absolute atomic E-state index is 0.116. The van der Waals surface area contributed by atoms with E-state index in [0.29, 0.717) is 12.5 Å². The maximum absolute atomic E-state index is 9.85. The lowest BCUT2D eigenvalue weighted by atomic mass is 9.72. The summed E-state index contributed by atoms with van der Waals surface area (Å²) in [6.07, 6.45) is 3.11. The van der Waals surface area contributed by atoms with Gasteiger partial charge < -0.3 is 15.6 Å². The first kappa shape index (κ1) is 13.5. The van der Waals surface area contributed by atoms with Gasteiger partial charge in [-0.15, -0.1) is 0 Å². The van der Waals surface area contributed by atoms with Crippen LogP contribution in [0.25, 0.3) is 0 Å². The Bertz CT molecular complexity index is 343. The quantitative estimate of drug-likeness (QED) is 0.835. The molecule has 1 saturated heterocycles. The molecule has 1 unspecified atom stereocenters. The average Bonchev–Trinajstić information content (AvgIpc) is 2.47. The Morgan fingerprint density at radius 1 is 1.22 bits per heavy atom. The first-order valence-corrected chi connectivity index (χ1v) is 6.75. The van der Waals surface area contributed by atoms with Gasteiger partial charge in [0.25, 0.3) is 0 Å². The van der Waals surface area contributed by atoms with Gasteiger partial charge in [-0.1, -0.05) is 30.3 Å². The molecule has 0 aromatic heterocycles. The van der Waals surface area contributed by atoms with Gasteiger partial charge in [0, 0.05) is 25.2 Å². The fourth-order valence-corrected chi connectivity index (χ4v) is 2.83. The zero-order chi connectivity index (χ0) is 12.8. The molecule has 1 aliphatic heterocycles. The normalized spacial score (nSPS) is 20.6. The third kappa shape index (κ3) is 2.91. The Balaban J connectivity index is 2.15. The van der Waals surface area contributed by atoms with Crippen molar-refractivity contribution in [3.05, 3.63) is 35.9 Å². The van der Waals surface area contributed by atoms with Crippen molar-refractivity contribution in [3.63, 3.8) is 0 Å². The van der Waals surface area contributed by atoms with E-state index >= 15 is 0 Å². The number of rotatable bonds is 5. The maximum atomic E-state index is 9.85. The molecule has 0 radical (unpaired) electrons. The minimum atomic E-state index is -0.288. The Morgan fingerprint density at radius 3 is 2.44 bits per heavy atom. The van der Waals surface area contributed by atoms with E-state index < -0.39 is 0 Å². The molecule has 1 fully saturated rings. The molecule has 3 heteroatoms. The molecule has 3 nitrogen and oxygen atoms in total. The van der Waals surface area contributed by atoms with Crippen LogP contribution in [0, 0.1) is 5.92 Å².